The number of rotatable bonds is 20. The second kappa shape index (κ2) is 21.1. The molecule has 9 N–H and O–H groups in total. The van der Waals surface area contributed by atoms with E-state index in [9.17, 15) is 28.8 Å². The molecule has 2 aromatic carbocycles. The molecular formula is C39H57N8O6. The van der Waals surface area contributed by atoms with Crippen LogP contribution in [0.4, 0.5) is 10.5 Å². The van der Waals surface area contributed by atoms with Gasteiger partial charge in [-0.3, -0.25) is 28.9 Å². The Labute approximate surface area is 312 Å². The predicted molar refractivity (Wildman–Crippen MR) is 204 cm³/mol. The molecule has 1 aliphatic rings. The van der Waals surface area contributed by atoms with Crippen molar-refractivity contribution >= 4 is 41.6 Å². The summed E-state index contributed by atoms with van der Waals surface area (Å²) in [5.41, 5.74) is 19.9. The summed E-state index contributed by atoms with van der Waals surface area (Å²) in [4.78, 5) is 83.1. The summed E-state index contributed by atoms with van der Waals surface area (Å²) in [6.07, 6.45) is 4.53. The lowest BCUT2D eigenvalue weighted by atomic mass is 9.97. The number of likely N-dealkylation sites (tertiary alicyclic amines) is 1. The summed E-state index contributed by atoms with van der Waals surface area (Å²) in [6.45, 7) is 8.76. The fraction of sp³-hybridized carbons (Fsp3) is 0.538. The molecule has 0 unspecified atom stereocenters. The van der Waals surface area contributed by atoms with Gasteiger partial charge in [-0.25, -0.2) is 4.79 Å². The average Bonchev–Trinajstić information content (AvgIpc) is 3.60. The Morgan fingerprint density at radius 3 is 2.15 bits per heavy atom. The van der Waals surface area contributed by atoms with Gasteiger partial charge in [0.15, 0.2) is 0 Å². The molecule has 289 valence electrons. The van der Waals surface area contributed by atoms with Crippen LogP contribution in [0.25, 0.3) is 0 Å². The van der Waals surface area contributed by atoms with Crippen LogP contribution in [-0.2, 0) is 36.8 Å². The average molecular weight is 734 g/mol. The van der Waals surface area contributed by atoms with Crippen molar-refractivity contribution in [1.29, 1.82) is 0 Å². The molecule has 1 fully saturated rings. The molecule has 0 aliphatic carbocycles. The number of nitrogens with one attached hydrogen (secondary N) is 3. The molecule has 0 spiro atoms. The largest absolute Gasteiger partial charge is 0.351 e. The maximum absolute atomic E-state index is 15.0. The van der Waals surface area contributed by atoms with Gasteiger partial charge in [0, 0.05) is 24.7 Å². The summed E-state index contributed by atoms with van der Waals surface area (Å²) in [5, 5.41) is 8.61. The smallest absolute Gasteiger partial charge is 0.316 e. The molecule has 14 nitrogen and oxygen atoms in total. The Bertz CT molecular complexity index is 1520. The second-order valence-electron chi connectivity index (χ2n) is 14.5. The maximum atomic E-state index is 15.0. The number of primary amides is 1. The van der Waals surface area contributed by atoms with Crippen LogP contribution in [0.3, 0.4) is 0 Å². The summed E-state index contributed by atoms with van der Waals surface area (Å²) in [7, 11) is 0. The second-order valence-corrected chi connectivity index (χ2v) is 14.5. The fourth-order valence-corrected chi connectivity index (χ4v) is 6.47. The van der Waals surface area contributed by atoms with Gasteiger partial charge in [0.25, 0.3) is 5.91 Å². The zero-order chi connectivity index (χ0) is 39.1. The van der Waals surface area contributed by atoms with E-state index >= 15 is 0 Å². The van der Waals surface area contributed by atoms with Crippen LogP contribution in [0.5, 0.6) is 0 Å². The third-order valence-electron chi connectivity index (χ3n) is 9.15. The van der Waals surface area contributed by atoms with E-state index < -0.39 is 59.9 Å². The van der Waals surface area contributed by atoms with E-state index in [-0.39, 0.29) is 44.2 Å². The highest BCUT2D eigenvalue weighted by Crippen LogP contribution is 2.24. The molecule has 1 heterocycles. The molecule has 2 aromatic rings. The Hall–Kier alpha value is -4.66. The summed E-state index contributed by atoms with van der Waals surface area (Å²) < 4.78 is 0. The van der Waals surface area contributed by atoms with Crippen LogP contribution >= 0.6 is 0 Å². The Balaban J connectivity index is 2.07. The monoisotopic (exact) mass is 733 g/mol. The number of nitrogens with two attached hydrogens (primary N) is 3. The maximum Gasteiger partial charge on any atom is 0.316 e. The Morgan fingerprint density at radius 2 is 1.55 bits per heavy atom. The van der Waals surface area contributed by atoms with Gasteiger partial charge < -0.3 is 38.1 Å². The highest BCUT2D eigenvalue weighted by atomic mass is 16.2. The van der Waals surface area contributed by atoms with Gasteiger partial charge in [-0.2, -0.15) is 0 Å². The number of anilines is 1. The van der Waals surface area contributed by atoms with Crippen molar-refractivity contribution in [1.82, 2.24) is 20.4 Å². The third kappa shape index (κ3) is 13.4. The number of benzene rings is 2. The Kier molecular flexibility index (Phi) is 17.1. The first-order valence-corrected chi connectivity index (χ1v) is 18.5. The molecule has 0 aromatic heterocycles. The van der Waals surface area contributed by atoms with Gasteiger partial charge in [-0.05, 0) is 80.7 Å². The molecule has 53 heavy (non-hydrogen) atoms. The molecule has 1 aliphatic heterocycles. The zero-order valence-corrected chi connectivity index (χ0v) is 31.4. The topological polar surface area (TPSA) is 223 Å². The number of hydrogen-bond acceptors (Lipinski definition) is 9. The minimum atomic E-state index is -1.35. The lowest BCUT2D eigenvalue weighted by Crippen LogP contribution is -2.63. The van der Waals surface area contributed by atoms with Gasteiger partial charge in [-0.1, -0.05) is 70.2 Å². The SMILES string of the molecule is CC(C)C[C@H](N)C(=O)N(C(=O)[C@@H](Cc1ccc(NC(N)=O)cc1)NC(=O)[C@@H](N)Cc1ccccc1)[C@@H](CCCCNC(C)C)C(=O)N1CCC[C@H]1[C]=O. The summed E-state index contributed by atoms with van der Waals surface area (Å²) in [6, 6.07) is 9.55. The molecule has 1 radical (unpaired) electrons. The van der Waals surface area contributed by atoms with E-state index in [1.54, 1.807) is 24.3 Å². The lowest BCUT2D eigenvalue weighted by Gasteiger charge is -2.37. The molecule has 3 rings (SSSR count). The van der Waals surface area contributed by atoms with Gasteiger partial charge in [0.1, 0.15) is 12.1 Å². The number of imide groups is 1. The quantitative estimate of drug-likeness (QED) is 0.110. The summed E-state index contributed by atoms with van der Waals surface area (Å²) in [5.74, 6) is -2.75. The Morgan fingerprint density at radius 1 is 0.887 bits per heavy atom. The molecule has 5 atom stereocenters. The summed E-state index contributed by atoms with van der Waals surface area (Å²) >= 11 is 0. The minimum Gasteiger partial charge on any atom is -0.351 e. The van der Waals surface area contributed by atoms with Crippen molar-refractivity contribution in [2.75, 3.05) is 18.4 Å². The zero-order valence-electron chi connectivity index (χ0n) is 31.4. The van der Waals surface area contributed by atoms with Crippen LogP contribution in [0.1, 0.15) is 77.3 Å². The molecule has 0 bridgehead atoms. The van der Waals surface area contributed by atoms with E-state index in [0.717, 1.165) is 10.5 Å². The number of urea groups is 1. The van der Waals surface area contributed by atoms with Crippen molar-refractivity contribution in [3.8, 4) is 0 Å². The van der Waals surface area contributed by atoms with Crippen LogP contribution in [-0.4, -0.2) is 95.1 Å². The van der Waals surface area contributed by atoms with Crippen LogP contribution in [0.15, 0.2) is 54.6 Å². The van der Waals surface area contributed by atoms with E-state index in [1.165, 1.54) is 4.90 Å². The van der Waals surface area contributed by atoms with Gasteiger partial charge >= 0.3 is 6.03 Å². The van der Waals surface area contributed by atoms with Crippen LogP contribution < -0.4 is 33.2 Å². The number of hydrogen-bond donors (Lipinski definition) is 6. The number of nitrogens with zero attached hydrogens (tertiary/aromatic N) is 2. The highest BCUT2D eigenvalue weighted by Gasteiger charge is 2.44. The first kappa shape index (κ1) is 42.8. The van der Waals surface area contributed by atoms with E-state index in [1.807, 2.05) is 64.3 Å². The fourth-order valence-electron chi connectivity index (χ4n) is 6.47. The van der Waals surface area contributed by atoms with Crippen molar-refractivity contribution in [2.45, 2.75) is 115 Å². The first-order valence-electron chi connectivity index (χ1n) is 18.5. The van der Waals surface area contributed by atoms with Crippen LogP contribution in [0, 0.1) is 5.92 Å². The molecular weight excluding hydrogens is 676 g/mol. The normalized spacial score (nSPS) is 16.5. The number of carbonyl (C=O) groups is 5. The minimum absolute atomic E-state index is 0.00574. The van der Waals surface area contributed by atoms with Gasteiger partial charge in [-0.15, -0.1) is 0 Å². The van der Waals surface area contributed by atoms with Crippen molar-refractivity contribution in [2.24, 2.45) is 23.1 Å². The third-order valence-corrected chi connectivity index (χ3v) is 9.15. The van der Waals surface area contributed by atoms with E-state index in [4.69, 9.17) is 17.2 Å². The van der Waals surface area contributed by atoms with Crippen molar-refractivity contribution in [3.05, 3.63) is 65.7 Å². The van der Waals surface area contributed by atoms with E-state index in [0.29, 0.717) is 43.5 Å². The number of carbonyl (C=O) groups excluding carboxylic acids is 6. The standard InChI is InChI=1S/C39H57N8O6/c1-25(2)21-32(41)36(50)47(34(14-8-9-19-43-26(3)4)38(52)46-20-10-13-30(46)24-48)37(51)33(23-28-15-17-29(18-16-28)44-39(42)53)45-35(49)31(40)22-27-11-6-5-7-12-27/h5-7,11-12,15-18,25-26,30-34,43H,8-10,13-14,19-23,40-41H2,1-4H3,(H,45,49)(H3,42,44,53)/t30-,31-,32-,33+,34-/m0/s1. The highest BCUT2D eigenvalue weighted by molar-refractivity contribution is 6.05. The van der Waals surface area contributed by atoms with Crippen molar-refractivity contribution in [3.63, 3.8) is 0 Å². The number of amides is 6. The van der Waals surface area contributed by atoms with Gasteiger partial charge in [0.2, 0.25) is 24.0 Å². The first-order chi connectivity index (χ1) is 25.2. The van der Waals surface area contributed by atoms with Crippen LogP contribution in [0.2, 0.25) is 0 Å². The predicted octanol–water partition coefficient (Wildman–Crippen LogP) is 2.14. The van der Waals surface area contributed by atoms with Gasteiger partial charge in [0.05, 0.1) is 18.1 Å². The van der Waals surface area contributed by atoms with Crippen molar-refractivity contribution < 1.29 is 28.8 Å². The lowest BCUT2D eigenvalue weighted by molar-refractivity contribution is -0.158. The number of unbranched alkanes of at least 4 members (excludes halogenated alkanes) is 1. The molecule has 6 amide bonds. The van der Waals surface area contributed by atoms with E-state index in [2.05, 4.69) is 16.0 Å². The molecule has 0 saturated carbocycles. The molecule has 14 heteroatoms. The molecule has 1 saturated heterocycles.